The van der Waals surface area contributed by atoms with Gasteiger partial charge in [0.2, 0.25) is 0 Å². The van der Waals surface area contributed by atoms with Gasteiger partial charge in [0.05, 0.1) is 11.2 Å². The molecule has 1 fully saturated rings. The SMILES string of the molecule is CC(C)[C@@]1(O)C[C@](C)(O)CC[C@H]1C. The van der Waals surface area contributed by atoms with Gasteiger partial charge in [-0.15, -0.1) is 0 Å². The maximum absolute atomic E-state index is 10.4. The Balaban J connectivity index is 2.82. The molecule has 0 aliphatic heterocycles. The lowest BCUT2D eigenvalue weighted by atomic mass is 9.65. The van der Waals surface area contributed by atoms with Crippen molar-refractivity contribution in [1.29, 1.82) is 0 Å². The van der Waals surface area contributed by atoms with Gasteiger partial charge in [-0.1, -0.05) is 20.8 Å². The summed E-state index contributed by atoms with van der Waals surface area (Å²) in [5.74, 6) is 0.516. The molecule has 0 aromatic heterocycles. The molecule has 0 bridgehead atoms. The van der Waals surface area contributed by atoms with Crippen molar-refractivity contribution in [3.8, 4) is 0 Å². The molecule has 0 aromatic carbocycles. The summed E-state index contributed by atoms with van der Waals surface area (Å²) in [6.07, 6.45) is 2.24. The van der Waals surface area contributed by atoms with E-state index in [4.69, 9.17) is 0 Å². The van der Waals surface area contributed by atoms with Gasteiger partial charge in [0.25, 0.3) is 0 Å². The van der Waals surface area contributed by atoms with E-state index >= 15 is 0 Å². The third kappa shape index (κ3) is 2.05. The predicted molar refractivity (Wildman–Crippen MR) is 53.4 cm³/mol. The van der Waals surface area contributed by atoms with Gasteiger partial charge in [-0.2, -0.15) is 0 Å². The molecule has 0 amide bonds. The molecule has 1 aliphatic rings. The first-order valence-electron chi connectivity index (χ1n) is 5.23. The summed E-state index contributed by atoms with van der Waals surface area (Å²) in [5, 5.41) is 20.3. The first kappa shape index (κ1) is 11.0. The normalized spacial score (nSPS) is 46.8. The number of hydrogen-bond acceptors (Lipinski definition) is 2. The van der Waals surface area contributed by atoms with Crippen molar-refractivity contribution < 1.29 is 10.2 Å². The van der Waals surface area contributed by atoms with E-state index in [0.29, 0.717) is 12.3 Å². The molecule has 2 heteroatoms. The molecule has 0 aromatic rings. The van der Waals surface area contributed by atoms with E-state index < -0.39 is 11.2 Å². The summed E-state index contributed by atoms with van der Waals surface area (Å²) in [5.41, 5.74) is -1.35. The van der Waals surface area contributed by atoms with Crippen LogP contribution in [-0.4, -0.2) is 21.4 Å². The zero-order valence-corrected chi connectivity index (χ0v) is 9.17. The van der Waals surface area contributed by atoms with E-state index in [2.05, 4.69) is 6.92 Å². The van der Waals surface area contributed by atoms with Crippen molar-refractivity contribution in [1.82, 2.24) is 0 Å². The molecule has 1 rings (SSSR count). The van der Waals surface area contributed by atoms with Gasteiger partial charge in [-0.3, -0.25) is 0 Å². The standard InChI is InChI=1S/C11H22O2/c1-8(2)11(13)7-10(4,12)6-5-9(11)3/h8-9,12-13H,5-7H2,1-4H3/t9-,10-,11+/m1/s1. The van der Waals surface area contributed by atoms with Crippen LogP contribution < -0.4 is 0 Å². The fourth-order valence-electron chi connectivity index (χ4n) is 2.42. The van der Waals surface area contributed by atoms with Crippen LogP contribution in [0.2, 0.25) is 0 Å². The highest BCUT2D eigenvalue weighted by Crippen LogP contribution is 2.43. The van der Waals surface area contributed by atoms with Gasteiger partial charge in [-0.25, -0.2) is 0 Å². The van der Waals surface area contributed by atoms with E-state index in [1.807, 2.05) is 20.8 Å². The smallest absolute Gasteiger partial charge is 0.0723 e. The van der Waals surface area contributed by atoms with Crippen molar-refractivity contribution in [2.24, 2.45) is 11.8 Å². The predicted octanol–water partition coefficient (Wildman–Crippen LogP) is 1.94. The Morgan fingerprint density at radius 3 is 2.23 bits per heavy atom. The average molecular weight is 186 g/mol. The van der Waals surface area contributed by atoms with E-state index in [-0.39, 0.29) is 5.92 Å². The Bertz CT molecular complexity index is 187. The summed E-state index contributed by atoms with van der Waals surface area (Å²) in [6, 6.07) is 0. The average Bonchev–Trinajstić information content (AvgIpc) is 1.97. The largest absolute Gasteiger partial charge is 0.390 e. The Morgan fingerprint density at radius 1 is 1.31 bits per heavy atom. The van der Waals surface area contributed by atoms with Gasteiger partial charge in [0, 0.05) is 6.42 Å². The summed E-state index contributed by atoms with van der Waals surface area (Å²) in [7, 11) is 0. The summed E-state index contributed by atoms with van der Waals surface area (Å²) < 4.78 is 0. The second kappa shape index (κ2) is 3.25. The maximum atomic E-state index is 10.4. The van der Waals surface area contributed by atoms with Crippen molar-refractivity contribution in [3.63, 3.8) is 0 Å². The monoisotopic (exact) mass is 186 g/mol. The minimum Gasteiger partial charge on any atom is -0.390 e. The second-order valence-electron chi connectivity index (χ2n) is 5.26. The lowest BCUT2D eigenvalue weighted by Gasteiger charge is -2.47. The third-order valence-corrected chi connectivity index (χ3v) is 3.63. The van der Waals surface area contributed by atoms with Crippen molar-refractivity contribution in [3.05, 3.63) is 0 Å². The summed E-state index contributed by atoms with van der Waals surface area (Å²) in [4.78, 5) is 0. The molecular weight excluding hydrogens is 164 g/mol. The molecule has 2 N–H and O–H groups in total. The molecule has 1 aliphatic carbocycles. The van der Waals surface area contributed by atoms with Gasteiger partial charge < -0.3 is 10.2 Å². The molecule has 0 unspecified atom stereocenters. The molecule has 0 spiro atoms. The van der Waals surface area contributed by atoms with Crippen LogP contribution in [0.5, 0.6) is 0 Å². The quantitative estimate of drug-likeness (QED) is 0.657. The van der Waals surface area contributed by atoms with Crippen LogP contribution in [0.15, 0.2) is 0 Å². The van der Waals surface area contributed by atoms with E-state index in [1.165, 1.54) is 0 Å². The molecule has 3 atom stereocenters. The zero-order valence-electron chi connectivity index (χ0n) is 9.17. The van der Waals surface area contributed by atoms with Crippen molar-refractivity contribution in [2.75, 3.05) is 0 Å². The number of aliphatic hydroxyl groups is 2. The summed E-state index contributed by atoms with van der Waals surface area (Å²) in [6.45, 7) is 7.96. The first-order chi connectivity index (χ1) is 5.78. The zero-order chi connectivity index (χ0) is 10.3. The van der Waals surface area contributed by atoms with Crippen LogP contribution in [0.1, 0.15) is 47.0 Å². The van der Waals surface area contributed by atoms with Crippen LogP contribution in [-0.2, 0) is 0 Å². The Labute approximate surface area is 81.0 Å². The van der Waals surface area contributed by atoms with Crippen molar-refractivity contribution >= 4 is 0 Å². The number of hydrogen-bond donors (Lipinski definition) is 2. The van der Waals surface area contributed by atoms with E-state index in [1.54, 1.807) is 0 Å². The molecule has 0 heterocycles. The van der Waals surface area contributed by atoms with E-state index in [0.717, 1.165) is 12.8 Å². The molecule has 13 heavy (non-hydrogen) atoms. The minimum atomic E-state index is -0.679. The van der Waals surface area contributed by atoms with Crippen LogP contribution in [0.3, 0.4) is 0 Å². The highest BCUT2D eigenvalue weighted by molar-refractivity contribution is 4.98. The molecule has 1 saturated carbocycles. The van der Waals surface area contributed by atoms with Gasteiger partial charge >= 0.3 is 0 Å². The molecule has 0 radical (unpaired) electrons. The Kier molecular flexibility index (Phi) is 2.75. The van der Waals surface area contributed by atoms with Gasteiger partial charge in [-0.05, 0) is 31.6 Å². The van der Waals surface area contributed by atoms with Crippen LogP contribution in [0.4, 0.5) is 0 Å². The highest BCUT2D eigenvalue weighted by Gasteiger charge is 2.46. The topological polar surface area (TPSA) is 40.5 Å². The summed E-state index contributed by atoms with van der Waals surface area (Å²) >= 11 is 0. The fraction of sp³-hybridized carbons (Fsp3) is 1.00. The fourth-order valence-corrected chi connectivity index (χ4v) is 2.42. The van der Waals surface area contributed by atoms with Crippen LogP contribution >= 0.6 is 0 Å². The van der Waals surface area contributed by atoms with Gasteiger partial charge in [0.15, 0.2) is 0 Å². The Morgan fingerprint density at radius 2 is 1.85 bits per heavy atom. The lowest BCUT2D eigenvalue weighted by Crippen LogP contribution is -2.52. The van der Waals surface area contributed by atoms with Crippen molar-refractivity contribution in [2.45, 2.75) is 58.2 Å². The molecule has 0 saturated heterocycles. The molecular formula is C11H22O2. The number of rotatable bonds is 1. The highest BCUT2D eigenvalue weighted by atomic mass is 16.3. The lowest BCUT2D eigenvalue weighted by molar-refractivity contribution is -0.144. The Hall–Kier alpha value is -0.0800. The first-order valence-corrected chi connectivity index (χ1v) is 5.23. The minimum absolute atomic E-state index is 0.217. The van der Waals surface area contributed by atoms with Crippen LogP contribution in [0, 0.1) is 11.8 Å². The van der Waals surface area contributed by atoms with Gasteiger partial charge in [0.1, 0.15) is 0 Å². The maximum Gasteiger partial charge on any atom is 0.0723 e. The third-order valence-electron chi connectivity index (χ3n) is 3.63. The molecule has 78 valence electrons. The van der Waals surface area contributed by atoms with Crippen LogP contribution in [0.25, 0.3) is 0 Å². The van der Waals surface area contributed by atoms with E-state index in [9.17, 15) is 10.2 Å². The second-order valence-corrected chi connectivity index (χ2v) is 5.26. The molecule has 2 nitrogen and oxygen atoms in total.